The van der Waals surface area contributed by atoms with Gasteiger partial charge in [-0.15, -0.1) is 0 Å². The van der Waals surface area contributed by atoms with Crippen molar-refractivity contribution >= 4 is 10.1 Å². The van der Waals surface area contributed by atoms with E-state index in [4.69, 9.17) is 42.1 Å². The quantitative estimate of drug-likeness (QED) is 0.0909. The predicted molar refractivity (Wildman–Crippen MR) is 136 cm³/mol. The van der Waals surface area contributed by atoms with Gasteiger partial charge in [-0.05, 0) is 19.1 Å². The maximum absolute atomic E-state index is 12.0. The zero-order valence-corrected chi connectivity index (χ0v) is 22.6. The van der Waals surface area contributed by atoms with Crippen LogP contribution in [-0.4, -0.2) is 114 Å². The Hall–Kier alpha value is -1.61. The molecular formula is C25H42O11S. The predicted octanol–water partition coefficient (Wildman–Crippen LogP) is 1.98. The average molecular weight is 551 g/mol. The molecule has 0 amide bonds. The smallest absolute Gasteiger partial charge is 0.297 e. The fraction of sp³-hybridized carbons (Fsp3) is 0.680. The molecule has 214 valence electrons. The molecule has 0 aromatic heterocycles. The summed E-state index contributed by atoms with van der Waals surface area (Å²) in [5.74, 6) is 0. The third-order valence-corrected chi connectivity index (χ3v) is 5.80. The molecule has 37 heavy (non-hydrogen) atoms. The van der Waals surface area contributed by atoms with Gasteiger partial charge in [-0.3, -0.25) is 4.18 Å². The molecule has 0 bridgehead atoms. The highest BCUT2D eigenvalue weighted by Crippen LogP contribution is 2.12. The molecule has 0 aliphatic rings. The summed E-state index contributed by atoms with van der Waals surface area (Å²) in [6.45, 7) is 12.0. The minimum absolute atomic E-state index is 0.0545. The molecule has 0 spiro atoms. The average Bonchev–Trinajstić information content (AvgIpc) is 2.89. The lowest BCUT2D eigenvalue weighted by molar-refractivity contribution is -0.0222. The van der Waals surface area contributed by atoms with Gasteiger partial charge < -0.3 is 37.9 Å². The van der Waals surface area contributed by atoms with Crippen LogP contribution in [0.2, 0.25) is 0 Å². The van der Waals surface area contributed by atoms with Gasteiger partial charge in [0.25, 0.3) is 10.1 Å². The van der Waals surface area contributed by atoms with E-state index in [-0.39, 0.29) is 18.1 Å². The first kappa shape index (κ1) is 33.4. The molecule has 1 rings (SSSR count). The van der Waals surface area contributed by atoms with Crippen LogP contribution in [0, 0.1) is 6.92 Å². The monoisotopic (exact) mass is 550 g/mol. The van der Waals surface area contributed by atoms with Crippen LogP contribution in [0.5, 0.6) is 0 Å². The van der Waals surface area contributed by atoms with Gasteiger partial charge in [0.2, 0.25) is 0 Å². The van der Waals surface area contributed by atoms with E-state index in [0.29, 0.717) is 92.5 Å². The van der Waals surface area contributed by atoms with Crippen LogP contribution in [0.25, 0.3) is 0 Å². The first-order valence-corrected chi connectivity index (χ1v) is 13.7. The molecule has 0 fully saturated rings. The molecule has 0 aliphatic heterocycles. The van der Waals surface area contributed by atoms with E-state index in [1.54, 1.807) is 12.1 Å². The second-order valence-corrected chi connectivity index (χ2v) is 9.03. The molecule has 0 unspecified atom stereocenters. The summed E-state index contributed by atoms with van der Waals surface area (Å²) in [5, 5.41) is 0. The van der Waals surface area contributed by atoms with E-state index >= 15 is 0 Å². The van der Waals surface area contributed by atoms with Crippen LogP contribution < -0.4 is 0 Å². The standard InChI is InChI=1S/C25H42O11S/c1-3-28-8-9-29-10-11-30-12-13-31-14-15-32-16-17-33-18-19-34-20-21-35-22-23-36-37(26,27)25-6-4-24(2)5-7-25/h3-7H,1,8-23H2,2H3. The van der Waals surface area contributed by atoms with Gasteiger partial charge in [0.15, 0.2) is 0 Å². The summed E-state index contributed by atoms with van der Waals surface area (Å²) < 4.78 is 71.6. The topological polar surface area (TPSA) is 117 Å². The van der Waals surface area contributed by atoms with Gasteiger partial charge in [0, 0.05) is 0 Å². The summed E-state index contributed by atoms with van der Waals surface area (Å²) in [5.41, 5.74) is 0.977. The second-order valence-electron chi connectivity index (χ2n) is 7.41. The van der Waals surface area contributed by atoms with Gasteiger partial charge in [0.1, 0.15) is 6.61 Å². The summed E-state index contributed by atoms with van der Waals surface area (Å²) in [7, 11) is -3.76. The number of benzene rings is 1. The number of hydrogen-bond donors (Lipinski definition) is 0. The molecule has 0 saturated heterocycles. The molecule has 1 aromatic carbocycles. The van der Waals surface area contributed by atoms with E-state index < -0.39 is 10.1 Å². The first-order chi connectivity index (χ1) is 18.1. The molecule has 0 radical (unpaired) electrons. The van der Waals surface area contributed by atoms with E-state index in [9.17, 15) is 8.42 Å². The number of hydrogen-bond acceptors (Lipinski definition) is 11. The highest BCUT2D eigenvalue weighted by molar-refractivity contribution is 7.86. The van der Waals surface area contributed by atoms with Gasteiger partial charge in [-0.2, -0.15) is 8.42 Å². The Morgan fingerprint density at radius 1 is 0.568 bits per heavy atom. The largest absolute Gasteiger partial charge is 0.499 e. The van der Waals surface area contributed by atoms with E-state index in [1.807, 2.05) is 6.92 Å². The van der Waals surface area contributed by atoms with E-state index in [2.05, 4.69) is 6.58 Å². The van der Waals surface area contributed by atoms with Gasteiger partial charge >= 0.3 is 0 Å². The normalized spacial score (nSPS) is 11.6. The molecule has 11 nitrogen and oxygen atoms in total. The van der Waals surface area contributed by atoms with Crippen LogP contribution in [0.4, 0.5) is 0 Å². The molecule has 0 aliphatic carbocycles. The second kappa shape index (κ2) is 23.5. The SMILES string of the molecule is C=COCCOCCOCCOCCOCCOCCOCCOCCOS(=O)(=O)c1ccc(C)cc1. The minimum Gasteiger partial charge on any atom is -0.499 e. The Kier molecular flexibility index (Phi) is 21.2. The molecule has 12 heteroatoms. The molecule has 0 heterocycles. The van der Waals surface area contributed by atoms with Crippen molar-refractivity contribution in [2.45, 2.75) is 11.8 Å². The number of ether oxygens (including phenoxy) is 8. The number of rotatable bonds is 27. The summed E-state index contributed by atoms with van der Waals surface area (Å²) in [6.07, 6.45) is 1.39. The minimum atomic E-state index is -3.76. The molecule has 0 saturated carbocycles. The van der Waals surface area contributed by atoms with Gasteiger partial charge in [-0.25, -0.2) is 0 Å². The third kappa shape index (κ3) is 20.1. The lowest BCUT2D eigenvalue weighted by Gasteiger charge is -2.09. The van der Waals surface area contributed by atoms with Crippen molar-refractivity contribution in [2.24, 2.45) is 0 Å². The van der Waals surface area contributed by atoms with Crippen molar-refractivity contribution in [1.29, 1.82) is 0 Å². The van der Waals surface area contributed by atoms with E-state index in [0.717, 1.165) is 5.56 Å². The maximum Gasteiger partial charge on any atom is 0.297 e. The Labute approximate surface area is 221 Å². The molecular weight excluding hydrogens is 508 g/mol. The van der Waals surface area contributed by atoms with Crippen molar-refractivity contribution < 1.29 is 50.5 Å². The van der Waals surface area contributed by atoms with Crippen LogP contribution >= 0.6 is 0 Å². The zero-order chi connectivity index (χ0) is 26.9. The van der Waals surface area contributed by atoms with Crippen LogP contribution in [0.3, 0.4) is 0 Å². The molecule has 1 aromatic rings. The molecule has 0 N–H and O–H groups in total. The van der Waals surface area contributed by atoms with Gasteiger partial charge in [0.05, 0.1) is 110 Å². The molecule has 0 atom stereocenters. The van der Waals surface area contributed by atoms with Crippen LogP contribution in [-0.2, 0) is 52.2 Å². The highest BCUT2D eigenvalue weighted by atomic mass is 32.2. The fourth-order valence-electron chi connectivity index (χ4n) is 2.59. The Balaban J connectivity index is 1.74. The Morgan fingerprint density at radius 3 is 1.24 bits per heavy atom. The van der Waals surface area contributed by atoms with Crippen molar-refractivity contribution in [2.75, 3.05) is 106 Å². The first-order valence-electron chi connectivity index (χ1n) is 12.3. The maximum atomic E-state index is 12.0. The summed E-state index contributed by atoms with van der Waals surface area (Å²) in [6, 6.07) is 6.48. The summed E-state index contributed by atoms with van der Waals surface area (Å²) >= 11 is 0. The lowest BCUT2D eigenvalue weighted by atomic mass is 10.2. The Morgan fingerprint density at radius 2 is 0.892 bits per heavy atom. The van der Waals surface area contributed by atoms with Crippen molar-refractivity contribution in [1.82, 2.24) is 0 Å². The highest BCUT2D eigenvalue weighted by Gasteiger charge is 2.14. The number of aryl methyl sites for hydroxylation is 1. The summed E-state index contributed by atoms with van der Waals surface area (Å²) in [4.78, 5) is 0.130. The fourth-order valence-corrected chi connectivity index (χ4v) is 3.48. The van der Waals surface area contributed by atoms with Gasteiger partial charge in [-0.1, -0.05) is 24.3 Å². The zero-order valence-electron chi connectivity index (χ0n) is 21.8. The van der Waals surface area contributed by atoms with Crippen molar-refractivity contribution in [3.8, 4) is 0 Å². The van der Waals surface area contributed by atoms with Crippen LogP contribution in [0.15, 0.2) is 42.0 Å². The van der Waals surface area contributed by atoms with Crippen molar-refractivity contribution in [3.05, 3.63) is 42.7 Å². The third-order valence-electron chi connectivity index (χ3n) is 4.47. The lowest BCUT2D eigenvalue weighted by Crippen LogP contribution is -2.15. The van der Waals surface area contributed by atoms with E-state index in [1.165, 1.54) is 18.4 Å². The Bertz CT molecular complexity index is 756. The van der Waals surface area contributed by atoms with Crippen LogP contribution in [0.1, 0.15) is 5.56 Å². The van der Waals surface area contributed by atoms with Crippen molar-refractivity contribution in [3.63, 3.8) is 0 Å².